The summed E-state index contributed by atoms with van der Waals surface area (Å²) in [6, 6.07) is 31.4. The molecule has 0 amide bonds. The first-order chi connectivity index (χ1) is 11.2. The van der Waals surface area contributed by atoms with Gasteiger partial charge >= 0.3 is 0 Å². The number of aryl methyl sites for hydroxylation is 1. The molecule has 0 nitrogen and oxygen atoms in total. The van der Waals surface area contributed by atoms with Gasteiger partial charge in [0.15, 0.2) is 8.07 Å². The molecule has 0 saturated heterocycles. The van der Waals surface area contributed by atoms with Crippen LogP contribution in [0.25, 0.3) is 0 Å². The molecule has 3 rings (SSSR count). The Balaban J connectivity index is 2.34. The third-order valence-electron chi connectivity index (χ3n) is 4.83. The van der Waals surface area contributed by atoms with Crippen molar-refractivity contribution >= 4 is 23.6 Å². The molecule has 0 radical (unpaired) electrons. The summed E-state index contributed by atoms with van der Waals surface area (Å²) in [5, 5.41) is 4.48. The summed E-state index contributed by atoms with van der Waals surface area (Å²) >= 11 is 0. The molecule has 1 heteroatoms. The fourth-order valence-electron chi connectivity index (χ4n) is 3.72. The van der Waals surface area contributed by atoms with Crippen LogP contribution in [0.15, 0.2) is 84.9 Å². The molecule has 0 heterocycles. The van der Waals surface area contributed by atoms with E-state index in [4.69, 9.17) is 0 Å². The van der Waals surface area contributed by atoms with E-state index in [1.54, 1.807) is 0 Å². The van der Waals surface area contributed by atoms with E-state index in [0.717, 1.165) is 0 Å². The molecule has 0 atom stereocenters. The molecule has 0 N–H and O–H groups in total. The molecule has 3 aromatic rings. The van der Waals surface area contributed by atoms with Crippen LogP contribution in [0.3, 0.4) is 0 Å². The Morgan fingerprint density at radius 1 is 0.565 bits per heavy atom. The lowest BCUT2D eigenvalue weighted by Gasteiger charge is -2.37. The second-order valence-corrected chi connectivity index (χ2v) is 11.1. The second kappa shape index (κ2) is 6.55. The fourth-order valence-corrected chi connectivity index (χ4v) is 8.85. The predicted molar refractivity (Wildman–Crippen MR) is 104 cm³/mol. The lowest BCUT2D eigenvalue weighted by molar-refractivity contribution is 1.04. The molecule has 0 aliphatic rings. The van der Waals surface area contributed by atoms with Crippen LogP contribution in [-0.4, -0.2) is 8.07 Å². The zero-order chi connectivity index (χ0) is 16.3. The van der Waals surface area contributed by atoms with Crippen LogP contribution in [0.5, 0.6) is 0 Å². The van der Waals surface area contributed by atoms with Crippen molar-refractivity contribution in [1.29, 1.82) is 0 Å². The van der Waals surface area contributed by atoms with Crippen molar-refractivity contribution in [1.82, 2.24) is 0 Å². The van der Waals surface area contributed by atoms with Crippen molar-refractivity contribution in [2.24, 2.45) is 0 Å². The van der Waals surface area contributed by atoms with Crippen molar-refractivity contribution in [3.05, 3.63) is 90.5 Å². The maximum Gasteiger partial charge on any atom is 0.150 e. The highest BCUT2D eigenvalue weighted by atomic mass is 28.3. The van der Waals surface area contributed by atoms with Gasteiger partial charge in [-0.1, -0.05) is 104 Å². The van der Waals surface area contributed by atoms with Crippen LogP contribution < -0.4 is 15.6 Å². The van der Waals surface area contributed by atoms with Gasteiger partial charge in [0.05, 0.1) is 0 Å². The highest BCUT2D eigenvalue weighted by Gasteiger charge is 2.41. The average Bonchev–Trinajstić information content (AvgIpc) is 2.59. The molecular weight excluding hydrogens is 292 g/mol. The van der Waals surface area contributed by atoms with Gasteiger partial charge in [-0.3, -0.25) is 0 Å². The van der Waals surface area contributed by atoms with E-state index in [9.17, 15) is 0 Å². The van der Waals surface area contributed by atoms with Gasteiger partial charge in [0.2, 0.25) is 0 Å². The molecule has 0 aliphatic heterocycles. The number of rotatable bonds is 4. The molecule has 0 aliphatic carbocycles. The first-order valence-electron chi connectivity index (χ1n) is 8.34. The monoisotopic (exact) mass is 316 g/mol. The van der Waals surface area contributed by atoms with E-state index in [1.807, 2.05) is 0 Å². The summed E-state index contributed by atoms with van der Waals surface area (Å²) in [6.45, 7) is 6.92. The van der Waals surface area contributed by atoms with Crippen LogP contribution in [-0.2, 0) is 0 Å². The summed E-state index contributed by atoms with van der Waals surface area (Å²) in [5.41, 5.74) is 1.90. The zero-order valence-electron chi connectivity index (χ0n) is 14.2. The molecule has 0 bridgehead atoms. The standard InChI is InChI=1S/C22H24Si/c1-18(2)23(20-10-6-4-7-11-20,21-12-8-5-9-13-21)22-16-14-19(3)15-17-22/h4-18H,1-3H3. The van der Waals surface area contributed by atoms with Crippen molar-refractivity contribution < 1.29 is 0 Å². The van der Waals surface area contributed by atoms with Gasteiger partial charge in [0.25, 0.3) is 0 Å². The van der Waals surface area contributed by atoms with E-state index in [1.165, 1.54) is 21.1 Å². The smallest absolute Gasteiger partial charge is 0.0642 e. The van der Waals surface area contributed by atoms with Crippen molar-refractivity contribution in [2.45, 2.75) is 26.3 Å². The summed E-state index contributed by atoms with van der Waals surface area (Å²) in [5.74, 6) is 0. The average molecular weight is 317 g/mol. The predicted octanol–water partition coefficient (Wildman–Crippen LogP) is 3.88. The third-order valence-corrected chi connectivity index (χ3v) is 10.3. The summed E-state index contributed by atoms with van der Waals surface area (Å²) in [6.07, 6.45) is 0. The zero-order valence-corrected chi connectivity index (χ0v) is 15.2. The largest absolute Gasteiger partial charge is 0.150 e. The second-order valence-electron chi connectivity index (χ2n) is 6.56. The molecule has 23 heavy (non-hydrogen) atoms. The summed E-state index contributed by atoms with van der Waals surface area (Å²) < 4.78 is 0. The minimum absolute atomic E-state index is 0.579. The molecule has 0 unspecified atom stereocenters. The number of hydrogen-bond acceptors (Lipinski definition) is 0. The Morgan fingerprint density at radius 3 is 1.35 bits per heavy atom. The van der Waals surface area contributed by atoms with E-state index in [-0.39, 0.29) is 0 Å². The molecule has 0 saturated carbocycles. The van der Waals surface area contributed by atoms with Crippen LogP contribution in [0.4, 0.5) is 0 Å². The normalized spacial score (nSPS) is 11.7. The van der Waals surface area contributed by atoms with Crippen LogP contribution in [0, 0.1) is 6.92 Å². The minimum Gasteiger partial charge on any atom is -0.0642 e. The number of hydrogen-bond donors (Lipinski definition) is 0. The van der Waals surface area contributed by atoms with E-state index >= 15 is 0 Å². The Bertz CT molecular complexity index is 703. The van der Waals surface area contributed by atoms with E-state index in [0.29, 0.717) is 5.54 Å². The maximum absolute atomic E-state index is 2.38. The number of benzene rings is 3. The molecule has 116 valence electrons. The lowest BCUT2D eigenvalue weighted by Crippen LogP contribution is -2.69. The first-order valence-corrected chi connectivity index (χ1v) is 10.4. The van der Waals surface area contributed by atoms with Crippen molar-refractivity contribution in [3.8, 4) is 0 Å². The SMILES string of the molecule is Cc1ccc([Si](c2ccccc2)(c2ccccc2)C(C)C)cc1. The van der Waals surface area contributed by atoms with Gasteiger partial charge in [0.1, 0.15) is 0 Å². The third kappa shape index (κ3) is 2.77. The fraction of sp³-hybridized carbons (Fsp3) is 0.182. The molecular formula is C22H24Si. The quantitative estimate of drug-likeness (QED) is 0.506. The van der Waals surface area contributed by atoms with Gasteiger partial charge in [-0.15, -0.1) is 0 Å². The summed E-state index contributed by atoms with van der Waals surface area (Å²) in [7, 11) is -2.02. The molecule has 0 aromatic heterocycles. The topological polar surface area (TPSA) is 0 Å². The highest BCUT2D eigenvalue weighted by molar-refractivity contribution is 7.12. The van der Waals surface area contributed by atoms with Gasteiger partial charge in [-0.2, -0.15) is 0 Å². The van der Waals surface area contributed by atoms with E-state index < -0.39 is 8.07 Å². The van der Waals surface area contributed by atoms with Gasteiger partial charge in [-0.05, 0) is 28.0 Å². The minimum atomic E-state index is -2.02. The molecule has 0 fully saturated rings. The first kappa shape index (κ1) is 15.8. The molecule has 0 spiro atoms. The Kier molecular flexibility index (Phi) is 4.49. The maximum atomic E-state index is 2.38. The Labute approximate surface area is 140 Å². The van der Waals surface area contributed by atoms with Crippen molar-refractivity contribution in [3.63, 3.8) is 0 Å². The Hall–Kier alpha value is -2.12. The van der Waals surface area contributed by atoms with Crippen LogP contribution in [0.1, 0.15) is 19.4 Å². The summed E-state index contributed by atoms with van der Waals surface area (Å²) in [4.78, 5) is 0. The van der Waals surface area contributed by atoms with Crippen molar-refractivity contribution in [2.75, 3.05) is 0 Å². The van der Waals surface area contributed by atoms with E-state index in [2.05, 4.69) is 106 Å². The molecule has 3 aromatic carbocycles. The van der Waals surface area contributed by atoms with Crippen LogP contribution in [0.2, 0.25) is 5.54 Å². The van der Waals surface area contributed by atoms with Crippen LogP contribution >= 0.6 is 0 Å². The van der Waals surface area contributed by atoms with Gasteiger partial charge in [0, 0.05) is 0 Å². The lowest BCUT2D eigenvalue weighted by atomic mass is 10.2. The van der Waals surface area contributed by atoms with Gasteiger partial charge < -0.3 is 0 Å². The Morgan fingerprint density at radius 2 is 0.957 bits per heavy atom. The highest BCUT2D eigenvalue weighted by Crippen LogP contribution is 2.21. The van der Waals surface area contributed by atoms with Gasteiger partial charge in [-0.25, -0.2) is 0 Å².